The van der Waals surface area contributed by atoms with E-state index in [9.17, 15) is 0 Å². The van der Waals surface area contributed by atoms with Gasteiger partial charge in [-0.1, -0.05) is 140 Å². The molecule has 1 aliphatic rings. The van der Waals surface area contributed by atoms with E-state index in [1.807, 2.05) is 0 Å². The normalized spacial score (nSPS) is 13.2. The lowest BCUT2D eigenvalue weighted by Gasteiger charge is -2.34. The van der Waals surface area contributed by atoms with Gasteiger partial charge >= 0.3 is 0 Å². The van der Waals surface area contributed by atoms with E-state index >= 15 is 0 Å². The number of benzene rings is 7. The van der Waals surface area contributed by atoms with E-state index in [0.29, 0.717) is 0 Å². The fraction of sp³-hybridized carbons (Fsp3) is 0.0256. The van der Waals surface area contributed by atoms with Gasteiger partial charge in [-0.3, -0.25) is 0 Å². The molecular formula is C39H27N. The monoisotopic (exact) mass is 509 g/mol. The number of hydrogen-bond donors (Lipinski definition) is 1. The van der Waals surface area contributed by atoms with Crippen molar-refractivity contribution in [2.45, 2.75) is 5.41 Å². The summed E-state index contributed by atoms with van der Waals surface area (Å²) in [5.74, 6) is 0. The van der Waals surface area contributed by atoms with E-state index in [1.54, 1.807) is 0 Å². The standard InChI is InChI=1S/C39H27N/c1-3-14-29(15-4-1)39(30-16-5-2-6-17-30)35-20-10-9-19-33(35)34-25-24-31(26-36(34)39)40-37-21-11-13-28-23-22-27-12-7-8-18-32(27)38(28)37/h1-26,40H. The van der Waals surface area contributed by atoms with Crippen LogP contribution in [0.1, 0.15) is 22.3 Å². The van der Waals surface area contributed by atoms with Gasteiger partial charge in [0.15, 0.2) is 0 Å². The van der Waals surface area contributed by atoms with Gasteiger partial charge in [-0.25, -0.2) is 0 Å². The first-order valence-corrected chi connectivity index (χ1v) is 13.9. The van der Waals surface area contributed by atoms with Gasteiger partial charge in [0.25, 0.3) is 0 Å². The van der Waals surface area contributed by atoms with E-state index in [-0.39, 0.29) is 0 Å². The summed E-state index contributed by atoms with van der Waals surface area (Å²) in [4.78, 5) is 0. The van der Waals surface area contributed by atoms with Crippen molar-refractivity contribution in [1.82, 2.24) is 0 Å². The SMILES string of the molecule is c1ccc(C2(c3ccccc3)c3ccccc3-c3ccc(Nc4cccc5ccc6ccccc6c45)cc32)cc1. The van der Waals surface area contributed by atoms with Gasteiger partial charge in [-0.15, -0.1) is 0 Å². The number of nitrogens with one attached hydrogen (secondary N) is 1. The Balaban J connectivity index is 1.37. The second-order valence-electron chi connectivity index (χ2n) is 10.6. The number of anilines is 2. The highest BCUT2D eigenvalue weighted by atomic mass is 14.9. The maximum atomic E-state index is 3.84. The Morgan fingerprint density at radius 1 is 0.425 bits per heavy atom. The van der Waals surface area contributed by atoms with Crippen LogP contribution in [-0.4, -0.2) is 0 Å². The molecule has 40 heavy (non-hydrogen) atoms. The van der Waals surface area contributed by atoms with Crippen molar-refractivity contribution >= 4 is 32.9 Å². The van der Waals surface area contributed by atoms with Crippen LogP contribution in [0, 0.1) is 0 Å². The van der Waals surface area contributed by atoms with E-state index in [0.717, 1.165) is 11.4 Å². The zero-order chi connectivity index (χ0) is 26.5. The Morgan fingerprint density at radius 2 is 1.05 bits per heavy atom. The molecule has 1 nitrogen and oxygen atoms in total. The molecule has 0 fully saturated rings. The van der Waals surface area contributed by atoms with Crippen molar-refractivity contribution in [2.24, 2.45) is 0 Å². The Labute approximate surface area is 234 Å². The molecule has 0 aromatic heterocycles. The number of rotatable bonds is 4. The first-order chi connectivity index (χ1) is 19.8. The molecular weight excluding hydrogens is 482 g/mol. The molecule has 188 valence electrons. The summed E-state index contributed by atoms with van der Waals surface area (Å²) in [6.07, 6.45) is 0. The first kappa shape index (κ1) is 22.8. The largest absolute Gasteiger partial charge is 0.355 e. The maximum absolute atomic E-state index is 3.84. The molecule has 7 aromatic rings. The van der Waals surface area contributed by atoms with Gasteiger partial charge in [0, 0.05) is 16.8 Å². The molecule has 0 unspecified atom stereocenters. The van der Waals surface area contributed by atoms with E-state index < -0.39 is 5.41 Å². The lowest BCUT2D eigenvalue weighted by molar-refractivity contribution is 0.769. The van der Waals surface area contributed by atoms with Crippen molar-refractivity contribution in [1.29, 1.82) is 0 Å². The zero-order valence-corrected chi connectivity index (χ0v) is 22.0. The van der Waals surface area contributed by atoms with Gasteiger partial charge in [0.2, 0.25) is 0 Å². The summed E-state index contributed by atoms with van der Waals surface area (Å²) in [6.45, 7) is 0. The molecule has 0 bridgehead atoms. The molecule has 0 aliphatic heterocycles. The minimum Gasteiger partial charge on any atom is -0.355 e. The predicted molar refractivity (Wildman–Crippen MR) is 168 cm³/mol. The minimum atomic E-state index is -0.405. The molecule has 1 aliphatic carbocycles. The third kappa shape index (κ3) is 3.28. The van der Waals surface area contributed by atoms with Crippen LogP contribution in [0.2, 0.25) is 0 Å². The molecule has 0 atom stereocenters. The number of hydrogen-bond acceptors (Lipinski definition) is 1. The summed E-state index contributed by atoms with van der Waals surface area (Å²) in [5.41, 5.74) is 9.58. The molecule has 7 aromatic carbocycles. The van der Waals surface area contributed by atoms with E-state index in [4.69, 9.17) is 0 Å². The topological polar surface area (TPSA) is 12.0 Å². The smallest absolute Gasteiger partial charge is 0.0714 e. The predicted octanol–water partition coefficient (Wildman–Crippen LogP) is 10.1. The molecule has 1 N–H and O–H groups in total. The fourth-order valence-corrected chi connectivity index (χ4v) is 6.84. The van der Waals surface area contributed by atoms with Crippen LogP contribution in [0.25, 0.3) is 32.7 Å². The van der Waals surface area contributed by atoms with Crippen molar-refractivity contribution in [3.05, 3.63) is 180 Å². The van der Waals surface area contributed by atoms with Crippen molar-refractivity contribution in [3.63, 3.8) is 0 Å². The summed E-state index contributed by atoms with van der Waals surface area (Å²) in [5, 5.41) is 8.84. The second-order valence-corrected chi connectivity index (χ2v) is 10.6. The Morgan fingerprint density at radius 3 is 1.85 bits per heavy atom. The molecule has 0 radical (unpaired) electrons. The van der Waals surface area contributed by atoms with Crippen LogP contribution in [-0.2, 0) is 5.41 Å². The lowest BCUT2D eigenvalue weighted by atomic mass is 9.67. The van der Waals surface area contributed by atoms with Crippen molar-refractivity contribution in [3.8, 4) is 11.1 Å². The van der Waals surface area contributed by atoms with Crippen LogP contribution in [0.3, 0.4) is 0 Å². The lowest BCUT2D eigenvalue weighted by Crippen LogP contribution is -2.28. The van der Waals surface area contributed by atoms with Gasteiger partial charge in [-0.2, -0.15) is 0 Å². The molecule has 0 saturated heterocycles. The van der Waals surface area contributed by atoms with Gasteiger partial charge in [0.1, 0.15) is 0 Å². The highest BCUT2D eigenvalue weighted by Gasteiger charge is 2.46. The van der Waals surface area contributed by atoms with Crippen LogP contribution in [0.15, 0.2) is 158 Å². The zero-order valence-electron chi connectivity index (χ0n) is 22.0. The quantitative estimate of drug-likeness (QED) is 0.233. The van der Waals surface area contributed by atoms with Gasteiger partial charge in [0.05, 0.1) is 5.41 Å². The average molecular weight is 510 g/mol. The third-order valence-electron chi connectivity index (χ3n) is 8.51. The van der Waals surface area contributed by atoms with Crippen LogP contribution in [0.5, 0.6) is 0 Å². The minimum absolute atomic E-state index is 0.405. The maximum Gasteiger partial charge on any atom is 0.0714 e. The molecule has 1 heteroatoms. The molecule has 0 spiro atoms. The van der Waals surface area contributed by atoms with Crippen molar-refractivity contribution < 1.29 is 0 Å². The first-order valence-electron chi connectivity index (χ1n) is 13.9. The van der Waals surface area contributed by atoms with Gasteiger partial charge < -0.3 is 5.32 Å². The third-order valence-corrected chi connectivity index (χ3v) is 8.51. The molecule has 0 saturated carbocycles. The molecule has 0 heterocycles. The molecule has 0 amide bonds. The van der Waals surface area contributed by atoms with Crippen molar-refractivity contribution in [2.75, 3.05) is 5.32 Å². The average Bonchev–Trinajstić information content (AvgIpc) is 3.32. The Bertz CT molecular complexity index is 1980. The highest BCUT2D eigenvalue weighted by Crippen LogP contribution is 2.56. The highest BCUT2D eigenvalue weighted by molar-refractivity contribution is 6.14. The van der Waals surface area contributed by atoms with Gasteiger partial charge in [-0.05, 0) is 67.7 Å². The summed E-state index contributed by atoms with van der Waals surface area (Å²) >= 11 is 0. The fourth-order valence-electron chi connectivity index (χ4n) is 6.84. The Hall–Kier alpha value is -5.14. The van der Waals surface area contributed by atoms with E-state index in [2.05, 4.69) is 163 Å². The van der Waals surface area contributed by atoms with Crippen LogP contribution in [0.4, 0.5) is 11.4 Å². The van der Waals surface area contributed by atoms with Crippen LogP contribution >= 0.6 is 0 Å². The van der Waals surface area contributed by atoms with Crippen LogP contribution < -0.4 is 5.32 Å². The summed E-state index contributed by atoms with van der Waals surface area (Å²) < 4.78 is 0. The second kappa shape index (κ2) is 8.97. The van der Waals surface area contributed by atoms with E-state index in [1.165, 1.54) is 54.9 Å². The Kier molecular flexibility index (Phi) is 5.11. The molecule has 8 rings (SSSR count). The summed E-state index contributed by atoms with van der Waals surface area (Å²) in [7, 11) is 0. The summed E-state index contributed by atoms with van der Waals surface area (Å²) in [6, 6.07) is 57.3. The number of fused-ring (bicyclic) bond motifs is 6.